The molecule has 1 N–H and O–H groups in total. The predicted octanol–water partition coefficient (Wildman–Crippen LogP) is 2.61. The standard InChI is InChI=1S/C21H24N2O4/c1-14-4-5-17(10-15(14)2)23-12-16(11-21(23)25)22-20(24)13-27-19-8-6-18(26-3)7-9-19/h4-10,16H,11-13H2,1-3H3,(H,22,24). The fourth-order valence-corrected chi connectivity index (χ4v) is 3.04. The number of nitrogens with one attached hydrogen (secondary N) is 1. The van der Waals surface area contributed by atoms with Crippen LogP contribution in [0.2, 0.25) is 0 Å². The number of rotatable bonds is 6. The average Bonchev–Trinajstić information content (AvgIpc) is 3.02. The van der Waals surface area contributed by atoms with E-state index in [0.29, 0.717) is 18.7 Å². The Balaban J connectivity index is 1.52. The predicted molar refractivity (Wildman–Crippen MR) is 103 cm³/mol. The van der Waals surface area contributed by atoms with E-state index >= 15 is 0 Å². The topological polar surface area (TPSA) is 67.9 Å². The number of anilines is 1. The summed E-state index contributed by atoms with van der Waals surface area (Å²) in [5.41, 5.74) is 3.20. The van der Waals surface area contributed by atoms with Crippen LogP contribution in [0, 0.1) is 13.8 Å². The minimum Gasteiger partial charge on any atom is -0.497 e. The zero-order chi connectivity index (χ0) is 19.4. The number of methoxy groups -OCH3 is 1. The Morgan fingerprint density at radius 3 is 2.48 bits per heavy atom. The van der Waals surface area contributed by atoms with Crippen LogP contribution in [0.3, 0.4) is 0 Å². The second-order valence-electron chi connectivity index (χ2n) is 6.71. The summed E-state index contributed by atoms with van der Waals surface area (Å²) in [5, 5.41) is 2.88. The fraction of sp³-hybridized carbons (Fsp3) is 0.333. The maximum absolute atomic E-state index is 12.3. The lowest BCUT2D eigenvalue weighted by atomic mass is 10.1. The number of hydrogen-bond acceptors (Lipinski definition) is 4. The monoisotopic (exact) mass is 368 g/mol. The molecule has 6 heteroatoms. The highest BCUT2D eigenvalue weighted by Gasteiger charge is 2.31. The number of amides is 2. The normalized spacial score (nSPS) is 16.3. The van der Waals surface area contributed by atoms with E-state index in [0.717, 1.165) is 17.0 Å². The van der Waals surface area contributed by atoms with Crippen LogP contribution < -0.4 is 19.7 Å². The van der Waals surface area contributed by atoms with Crippen LogP contribution in [0.1, 0.15) is 17.5 Å². The van der Waals surface area contributed by atoms with Crippen molar-refractivity contribution in [3.05, 3.63) is 53.6 Å². The van der Waals surface area contributed by atoms with Crippen LogP contribution in [-0.4, -0.2) is 38.1 Å². The van der Waals surface area contributed by atoms with E-state index in [4.69, 9.17) is 9.47 Å². The average molecular weight is 368 g/mol. The maximum Gasteiger partial charge on any atom is 0.258 e. The van der Waals surface area contributed by atoms with Gasteiger partial charge in [-0.25, -0.2) is 0 Å². The van der Waals surface area contributed by atoms with Crippen molar-refractivity contribution in [3.63, 3.8) is 0 Å². The van der Waals surface area contributed by atoms with E-state index in [2.05, 4.69) is 5.32 Å². The van der Waals surface area contributed by atoms with Crippen LogP contribution in [0.25, 0.3) is 0 Å². The molecule has 142 valence electrons. The number of carbonyl (C=O) groups is 2. The largest absolute Gasteiger partial charge is 0.497 e. The minimum absolute atomic E-state index is 0.0135. The highest BCUT2D eigenvalue weighted by molar-refractivity contribution is 5.97. The second kappa shape index (κ2) is 8.12. The Morgan fingerprint density at radius 1 is 1.11 bits per heavy atom. The van der Waals surface area contributed by atoms with Gasteiger partial charge in [0.1, 0.15) is 11.5 Å². The third kappa shape index (κ3) is 4.58. The summed E-state index contributed by atoms with van der Waals surface area (Å²) in [6, 6.07) is 12.8. The van der Waals surface area contributed by atoms with Gasteiger partial charge in [-0.05, 0) is 61.4 Å². The van der Waals surface area contributed by atoms with Crippen molar-refractivity contribution in [2.24, 2.45) is 0 Å². The Kier molecular flexibility index (Phi) is 5.64. The van der Waals surface area contributed by atoms with Crippen LogP contribution in [0.5, 0.6) is 11.5 Å². The van der Waals surface area contributed by atoms with Crippen molar-refractivity contribution >= 4 is 17.5 Å². The van der Waals surface area contributed by atoms with Crippen molar-refractivity contribution in [1.82, 2.24) is 5.32 Å². The van der Waals surface area contributed by atoms with Gasteiger partial charge in [-0.2, -0.15) is 0 Å². The van der Waals surface area contributed by atoms with Gasteiger partial charge in [0.05, 0.1) is 13.2 Å². The summed E-state index contributed by atoms with van der Waals surface area (Å²) < 4.78 is 10.6. The quantitative estimate of drug-likeness (QED) is 0.851. The van der Waals surface area contributed by atoms with E-state index in [1.54, 1.807) is 36.3 Å². The first-order chi connectivity index (χ1) is 13.0. The van der Waals surface area contributed by atoms with Gasteiger partial charge in [-0.3, -0.25) is 9.59 Å². The summed E-state index contributed by atoms with van der Waals surface area (Å²) in [6.45, 7) is 4.43. The molecule has 0 bridgehead atoms. The first-order valence-corrected chi connectivity index (χ1v) is 8.90. The summed E-state index contributed by atoms with van der Waals surface area (Å²) in [7, 11) is 1.59. The molecular formula is C21H24N2O4. The molecule has 1 aliphatic rings. The molecule has 1 aliphatic heterocycles. The number of carbonyl (C=O) groups excluding carboxylic acids is 2. The van der Waals surface area contributed by atoms with Crippen LogP contribution in [0.15, 0.2) is 42.5 Å². The molecule has 0 radical (unpaired) electrons. The molecule has 0 saturated carbocycles. The van der Waals surface area contributed by atoms with Gasteiger partial charge < -0.3 is 19.7 Å². The second-order valence-corrected chi connectivity index (χ2v) is 6.71. The fourth-order valence-electron chi connectivity index (χ4n) is 3.04. The Morgan fingerprint density at radius 2 is 1.81 bits per heavy atom. The maximum atomic E-state index is 12.3. The SMILES string of the molecule is COc1ccc(OCC(=O)NC2CC(=O)N(c3ccc(C)c(C)c3)C2)cc1. The molecule has 0 spiro atoms. The minimum atomic E-state index is -0.245. The highest BCUT2D eigenvalue weighted by atomic mass is 16.5. The summed E-state index contributed by atoms with van der Waals surface area (Å²) in [5.74, 6) is 1.08. The van der Waals surface area contributed by atoms with Gasteiger partial charge in [-0.1, -0.05) is 6.07 Å². The van der Waals surface area contributed by atoms with E-state index in [1.807, 2.05) is 32.0 Å². The lowest BCUT2D eigenvalue weighted by Crippen LogP contribution is -2.39. The molecule has 0 aliphatic carbocycles. The lowest BCUT2D eigenvalue weighted by Gasteiger charge is -2.18. The molecular weight excluding hydrogens is 344 g/mol. The zero-order valence-electron chi connectivity index (χ0n) is 15.8. The third-order valence-corrected chi connectivity index (χ3v) is 4.72. The van der Waals surface area contributed by atoms with Crippen LogP contribution in [-0.2, 0) is 9.59 Å². The van der Waals surface area contributed by atoms with Crippen molar-refractivity contribution in [2.75, 3.05) is 25.2 Å². The van der Waals surface area contributed by atoms with E-state index in [1.165, 1.54) is 5.56 Å². The molecule has 1 atom stereocenters. The Labute approximate surface area is 159 Å². The number of hydrogen-bond donors (Lipinski definition) is 1. The molecule has 6 nitrogen and oxygen atoms in total. The molecule has 27 heavy (non-hydrogen) atoms. The molecule has 3 rings (SSSR count). The molecule has 2 aromatic carbocycles. The molecule has 1 unspecified atom stereocenters. The van der Waals surface area contributed by atoms with Crippen molar-refractivity contribution in [2.45, 2.75) is 26.3 Å². The molecule has 1 saturated heterocycles. The number of nitrogens with zero attached hydrogens (tertiary/aromatic N) is 1. The van der Waals surface area contributed by atoms with Gasteiger partial charge in [0, 0.05) is 18.7 Å². The van der Waals surface area contributed by atoms with Gasteiger partial charge in [0.25, 0.3) is 5.91 Å². The molecule has 2 amide bonds. The molecule has 0 aromatic heterocycles. The summed E-state index contributed by atoms with van der Waals surface area (Å²) >= 11 is 0. The molecule has 1 fully saturated rings. The smallest absolute Gasteiger partial charge is 0.258 e. The van der Waals surface area contributed by atoms with Crippen LogP contribution >= 0.6 is 0 Å². The first-order valence-electron chi connectivity index (χ1n) is 8.90. The van der Waals surface area contributed by atoms with Gasteiger partial charge >= 0.3 is 0 Å². The van der Waals surface area contributed by atoms with Crippen molar-refractivity contribution in [3.8, 4) is 11.5 Å². The van der Waals surface area contributed by atoms with Crippen molar-refractivity contribution < 1.29 is 19.1 Å². The highest BCUT2D eigenvalue weighted by Crippen LogP contribution is 2.24. The van der Waals surface area contributed by atoms with E-state index < -0.39 is 0 Å². The number of benzene rings is 2. The summed E-state index contributed by atoms with van der Waals surface area (Å²) in [4.78, 5) is 26.2. The molecule has 2 aromatic rings. The van der Waals surface area contributed by atoms with Gasteiger partial charge in [0.15, 0.2) is 6.61 Å². The van der Waals surface area contributed by atoms with Gasteiger partial charge in [0.2, 0.25) is 5.91 Å². The lowest BCUT2D eigenvalue weighted by molar-refractivity contribution is -0.123. The van der Waals surface area contributed by atoms with E-state index in [9.17, 15) is 9.59 Å². The zero-order valence-corrected chi connectivity index (χ0v) is 15.8. The van der Waals surface area contributed by atoms with Crippen molar-refractivity contribution in [1.29, 1.82) is 0 Å². The third-order valence-electron chi connectivity index (χ3n) is 4.72. The number of ether oxygens (including phenoxy) is 2. The molecule has 1 heterocycles. The Hall–Kier alpha value is -3.02. The van der Waals surface area contributed by atoms with Crippen LogP contribution in [0.4, 0.5) is 5.69 Å². The number of aryl methyl sites for hydroxylation is 2. The summed E-state index contributed by atoms with van der Waals surface area (Å²) in [6.07, 6.45) is 0.293. The Bertz CT molecular complexity index is 833. The van der Waals surface area contributed by atoms with Gasteiger partial charge in [-0.15, -0.1) is 0 Å². The first kappa shape index (κ1) is 18.8. The van der Waals surface area contributed by atoms with E-state index in [-0.39, 0.29) is 24.5 Å².